The maximum absolute atomic E-state index is 12.0. The number of likely N-dealkylation sites (N-methyl/N-ethyl adjacent to an activating group) is 1. The lowest BCUT2D eigenvalue weighted by molar-refractivity contribution is -0.175. The molecule has 0 saturated heterocycles. The minimum absolute atomic E-state index is 0.00586. The van der Waals surface area contributed by atoms with Gasteiger partial charge in [-0.2, -0.15) is 13.2 Å². The molecule has 0 amide bonds. The van der Waals surface area contributed by atoms with E-state index in [1.807, 2.05) is 19.9 Å². The van der Waals surface area contributed by atoms with Crippen LogP contribution in [0.25, 0.3) is 0 Å². The van der Waals surface area contributed by atoms with Gasteiger partial charge in [0.15, 0.2) is 0 Å². The molecule has 1 aromatic rings. The lowest BCUT2D eigenvalue weighted by Gasteiger charge is -2.18. The van der Waals surface area contributed by atoms with Gasteiger partial charge in [-0.25, -0.2) is 0 Å². The largest absolute Gasteiger partial charge is 0.411 e. The van der Waals surface area contributed by atoms with Gasteiger partial charge < -0.3 is 10.1 Å². The fraction of sp³-hybridized carbons (Fsp3) is 0.636. The summed E-state index contributed by atoms with van der Waals surface area (Å²) in [7, 11) is 0. The molecule has 1 rings (SSSR count). The molecule has 0 aliphatic rings. The van der Waals surface area contributed by atoms with E-state index in [9.17, 15) is 13.2 Å². The van der Waals surface area contributed by atoms with Crippen molar-refractivity contribution in [2.75, 3.05) is 19.8 Å². The molecule has 0 bridgehead atoms. The van der Waals surface area contributed by atoms with Crippen LogP contribution in [0.3, 0.4) is 0 Å². The first-order chi connectivity index (χ1) is 8.33. The first kappa shape index (κ1) is 15.9. The Balaban J connectivity index is 2.63. The second-order valence-electron chi connectivity index (χ2n) is 3.81. The Hall–Kier alpha value is -0.110. The SMILES string of the molecule is CCNC(COCC(F)(F)F)c1sc(C)cc1Br. The molecule has 2 nitrogen and oxygen atoms in total. The van der Waals surface area contributed by atoms with Crippen LogP contribution in [0.5, 0.6) is 0 Å². The molecule has 0 aliphatic carbocycles. The third kappa shape index (κ3) is 5.26. The van der Waals surface area contributed by atoms with Gasteiger partial charge in [0, 0.05) is 14.2 Å². The predicted molar refractivity (Wildman–Crippen MR) is 70.0 cm³/mol. The first-order valence-electron chi connectivity index (χ1n) is 5.47. The van der Waals surface area contributed by atoms with E-state index in [4.69, 9.17) is 4.74 Å². The lowest BCUT2D eigenvalue weighted by atomic mass is 10.2. The van der Waals surface area contributed by atoms with Crippen LogP contribution in [-0.4, -0.2) is 25.9 Å². The number of thiophene rings is 1. The average Bonchev–Trinajstić information content (AvgIpc) is 2.55. The lowest BCUT2D eigenvalue weighted by Crippen LogP contribution is -2.27. The molecule has 1 unspecified atom stereocenters. The fourth-order valence-corrected chi connectivity index (χ4v) is 3.49. The third-order valence-corrected chi connectivity index (χ3v) is 4.24. The molecule has 104 valence electrons. The number of rotatable bonds is 6. The summed E-state index contributed by atoms with van der Waals surface area (Å²) in [4.78, 5) is 2.08. The average molecular weight is 346 g/mol. The standard InChI is InChI=1S/C11H15BrF3NOS/c1-3-16-9(5-17-6-11(13,14)15)10-8(12)4-7(2)18-10/h4,9,16H,3,5-6H2,1-2H3. The summed E-state index contributed by atoms with van der Waals surface area (Å²) >= 11 is 4.96. The summed E-state index contributed by atoms with van der Waals surface area (Å²) in [6.45, 7) is 3.33. The van der Waals surface area contributed by atoms with Crippen molar-refractivity contribution in [3.8, 4) is 0 Å². The van der Waals surface area contributed by atoms with Crippen LogP contribution in [0, 0.1) is 6.92 Å². The topological polar surface area (TPSA) is 21.3 Å². The molecular weight excluding hydrogens is 331 g/mol. The van der Waals surface area contributed by atoms with E-state index in [-0.39, 0.29) is 12.6 Å². The maximum atomic E-state index is 12.0. The van der Waals surface area contributed by atoms with Crippen LogP contribution in [0.15, 0.2) is 10.5 Å². The number of hydrogen-bond acceptors (Lipinski definition) is 3. The second-order valence-corrected chi connectivity index (χ2v) is 5.95. The third-order valence-electron chi connectivity index (χ3n) is 2.15. The van der Waals surface area contributed by atoms with Crippen molar-refractivity contribution in [1.82, 2.24) is 5.32 Å². The highest BCUT2D eigenvalue weighted by atomic mass is 79.9. The van der Waals surface area contributed by atoms with Gasteiger partial charge in [0.1, 0.15) is 6.61 Å². The van der Waals surface area contributed by atoms with Gasteiger partial charge in [-0.15, -0.1) is 11.3 Å². The molecule has 0 aromatic carbocycles. The molecule has 1 N–H and O–H groups in total. The van der Waals surface area contributed by atoms with Gasteiger partial charge in [-0.1, -0.05) is 6.92 Å². The van der Waals surface area contributed by atoms with Crippen LogP contribution in [-0.2, 0) is 4.74 Å². The number of aryl methyl sites for hydroxylation is 1. The first-order valence-corrected chi connectivity index (χ1v) is 7.08. The smallest absolute Gasteiger partial charge is 0.370 e. The van der Waals surface area contributed by atoms with Gasteiger partial charge in [0.25, 0.3) is 0 Å². The molecule has 0 fully saturated rings. The zero-order valence-electron chi connectivity index (χ0n) is 10.1. The molecular formula is C11H15BrF3NOS. The number of ether oxygens (including phenoxy) is 1. The Kier molecular flexibility index (Phi) is 6.10. The van der Waals surface area contributed by atoms with E-state index in [1.54, 1.807) is 11.3 Å². The summed E-state index contributed by atoms with van der Waals surface area (Å²) in [5.41, 5.74) is 0. The number of alkyl halides is 3. The van der Waals surface area contributed by atoms with E-state index >= 15 is 0 Å². The fourth-order valence-electron chi connectivity index (χ4n) is 1.51. The van der Waals surface area contributed by atoms with Crippen molar-refractivity contribution >= 4 is 27.3 Å². The molecule has 1 atom stereocenters. The van der Waals surface area contributed by atoms with E-state index in [0.29, 0.717) is 6.54 Å². The Morgan fingerprint density at radius 1 is 1.50 bits per heavy atom. The highest BCUT2D eigenvalue weighted by molar-refractivity contribution is 9.10. The molecule has 0 radical (unpaired) electrons. The summed E-state index contributed by atoms with van der Waals surface area (Å²) in [5.74, 6) is 0. The van der Waals surface area contributed by atoms with Gasteiger partial charge in [-0.05, 0) is 35.5 Å². The maximum Gasteiger partial charge on any atom is 0.411 e. The quantitative estimate of drug-likeness (QED) is 0.839. The highest BCUT2D eigenvalue weighted by Crippen LogP contribution is 2.32. The normalized spacial score (nSPS) is 13.9. The van der Waals surface area contributed by atoms with Crippen LogP contribution < -0.4 is 5.32 Å². The van der Waals surface area contributed by atoms with Crippen molar-refractivity contribution in [1.29, 1.82) is 0 Å². The molecule has 0 spiro atoms. The monoisotopic (exact) mass is 345 g/mol. The van der Waals surface area contributed by atoms with Crippen molar-refractivity contribution in [3.05, 3.63) is 20.3 Å². The van der Waals surface area contributed by atoms with Gasteiger partial charge in [0.05, 0.1) is 12.6 Å². The van der Waals surface area contributed by atoms with Gasteiger partial charge >= 0.3 is 6.18 Å². The molecule has 7 heteroatoms. The van der Waals surface area contributed by atoms with Crippen LogP contribution in [0.4, 0.5) is 13.2 Å². The highest BCUT2D eigenvalue weighted by Gasteiger charge is 2.28. The minimum Gasteiger partial charge on any atom is -0.370 e. The molecule has 0 saturated carbocycles. The summed E-state index contributed by atoms with van der Waals surface area (Å²) in [6.07, 6.45) is -4.28. The van der Waals surface area contributed by atoms with Crippen LogP contribution in [0.1, 0.15) is 22.7 Å². The van der Waals surface area contributed by atoms with Crippen molar-refractivity contribution in [2.24, 2.45) is 0 Å². The molecule has 1 aromatic heterocycles. The van der Waals surface area contributed by atoms with Crippen LogP contribution >= 0.6 is 27.3 Å². The second kappa shape index (κ2) is 6.88. The number of halogens is 4. The Labute approximate surface area is 117 Å². The Morgan fingerprint density at radius 2 is 2.17 bits per heavy atom. The number of hydrogen-bond donors (Lipinski definition) is 1. The van der Waals surface area contributed by atoms with E-state index in [0.717, 1.165) is 14.2 Å². The summed E-state index contributed by atoms with van der Waals surface area (Å²) in [6, 6.07) is 1.74. The summed E-state index contributed by atoms with van der Waals surface area (Å²) in [5, 5.41) is 3.13. The predicted octanol–water partition coefficient (Wildman–Crippen LogP) is 4.05. The van der Waals surface area contributed by atoms with Crippen molar-refractivity contribution < 1.29 is 17.9 Å². The van der Waals surface area contributed by atoms with E-state index in [1.165, 1.54) is 0 Å². The van der Waals surface area contributed by atoms with Crippen LogP contribution in [0.2, 0.25) is 0 Å². The molecule has 1 heterocycles. The van der Waals surface area contributed by atoms with Gasteiger partial charge in [0.2, 0.25) is 0 Å². The number of nitrogens with one attached hydrogen (secondary N) is 1. The Bertz CT molecular complexity index is 381. The van der Waals surface area contributed by atoms with Crippen molar-refractivity contribution in [3.63, 3.8) is 0 Å². The summed E-state index contributed by atoms with van der Waals surface area (Å²) < 4.78 is 41.7. The zero-order valence-corrected chi connectivity index (χ0v) is 12.5. The molecule has 18 heavy (non-hydrogen) atoms. The van der Waals surface area contributed by atoms with E-state index < -0.39 is 12.8 Å². The minimum atomic E-state index is -4.28. The Morgan fingerprint density at radius 3 is 2.61 bits per heavy atom. The van der Waals surface area contributed by atoms with Gasteiger partial charge in [-0.3, -0.25) is 0 Å². The van der Waals surface area contributed by atoms with Crippen molar-refractivity contribution in [2.45, 2.75) is 26.1 Å². The zero-order chi connectivity index (χ0) is 13.8. The molecule has 0 aliphatic heterocycles. The van der Waals surface area contributed by atoms with E-state index in [2.05, 4.69) is 21.2 Å².